The normalized spacial score (nSPS) is 19.5. The number of aliphatic hydroxyl groups is 1. The lowest BCUT2D eigenvalue weighted by Crippen LogP contribution is -2.58. The number of aliphatic hydroxyl groups excluding tert-OH is 1. The number of β-amino-alcohol motifs (C(OH)–C–C–N with tert-alkyl or cyclic N) is 1. The molecule has 0 bridgehead atoms. The Morgan fingerprint density at radius 2 is 1.60 bits per heavy atom. The minimum Gasteiger partial charge on any atom is -0.391 e. The van der Waals surface area contributed by atoms with Crippen LogP contribution in [-0.4, -0.2) is 103 Å². The third-order valence-corrected chi connectivity index (χ3v) is 16.4. The van der Waals surface area contributed by atoms with Gasteiger partial charge in [0, 0.05) is 58.8 Å². The summed E-state index contributed by atoms with van der Waals surface area (Å²) in [7, 11) is 0. The standard InChI is InChI=1S/C54H61ClN10O5S2/c1-29-32(4)72-53-46(29)47(36-15-17-38(55)18-16-36)59-42(50-62-61-33(5)65(50)53)25-45(68)58-39-21-22-63(26-39)40-19-9-34(10-20-40)23-44(67)60-49(54(6,7)8)52(70)64-27-41(66)24-43(64)51(69)57-30(2)35-11-13-37(14-12-35)48-31(3)56-28-71-48/h9-20,28,30,39,41-43,49,66H,21-27H2,1-8H3,(H,57,69)(H,58,68)(H,60,67)/t30-,39-,41+,42-,43-,49+/m0/s1. The van der Waals surface area contributed by atoms with E-state index in [4.69, 9.17) is 16.6 Å². The van der Waals surface area contributed by atoms with Crippen LogP contribution in [0.2, 0.25) is 5.02 Å². The van der Waals surface area contributed by atoms with Crippen molar-refractivity contribution in [2.45, 2.75) is 117 Å². The average molecular weight is 1030 g/mol. The van der Waals surface area contributed by atoms with Gasteiger partial charge in [0.15, 0.2) is 5.82 Å². The summed E-state index contributed by atoms with van der Waals surface area (Å²) in [5.41, 5.74) is 9.61. The van der Waals surface area contributed by atoms with Gasteiger partial charge in [0.05, 0.1) is 46.8 Å². The molecule has 15 nitrogen and oxygen atoms in total. The van der Waals surface area contributed by atoms with Gasteiger partial charge in [-0.25, -0.2) is 4.98 Å². The van der Waals surface area contributed by atoms with Crippen molar-refractivity contribution < 1.29 is 24.3 Å². The summed E-state index contributed by atoms with van der Waals surface area (Å²) in [6, 6.07) is 20.5. The molecular weight excluding hydrogens is 968 g/mol. The molecule has 376 valence electrons. The zero-order valence-electron chi connectivity index (χ0n) is 41.8. The van der Waals surface area contributed by atoms with Gasteiger partial charge in [-0.05, 0) is 93.0 Å². The zero-order chi connectivity index (χ0) is 51.2. The summed E-state index contributed by atoms with van der Waals surface area (Å²) >= 11 is 9.54. The number of rotatable bonds is 13. The molecule has 4 N–H and O–H groups in total. The Morgan fingerprint density at radius 1 is 0.889 bits per heavy atom. The van der Waals surface area contributed by atoms with Gasteiger partial charge in [0.2, 0.25) is 23.6 Å². The summed E-state index contributed by atoms with van der Waals surface area (Å²) in [5, 5.41) is 30.7. The first-order chi connectivity index (χ1) is 34.3. The fraction of sp³-hybridized carbons (Fsp3) is 0.407. The molecule has 72 heavy (non-hydrogen) atoms. The van der Waals surface area contributed by atoms with Gasteiger partial charge in [0.25, 0.3) is 0 Å². The van der Waals surface area contributed by atoms with E-state index in [0.29, 0.717) is 17.4 Å². The number of hydrogen-bond acceptors (Lipinski definition) is 12. The number of aryl methyl sites for hydroxylation is 3. The number of amides is 4. The molecule has 2 saturated heterocycles. The highest BCUT2D eigenvalue weighted by atomic mass is 35.5. The van der Waals surface area contributed by atoms with Crippen LogP contribution >= 0.6 is 34.3 Å². The van der Waals surface area contributed by atoms with Crippen molar-refractivity contribution in [1.29, 1.82) is 0 Å². The topological polar surface area (TPSA) is 187 Å². The van der Waals surface area contributed by atoms with E-state index < -0.39 is 35.6 Å². The Kier molecular flexibility index (Phi) is 14.6. The van der Waals surface area contributed by atoms with E-state index in [2.05, 4.69) is 49.9 Å². The molecule has 0 unspecified atom stereocenters. The van der Waals surface area contributed by atoms with E-state index in [-0.39, 0.29) is 55.6 Å². The number of aliphatic imine (C=N–C) groups is 1. The third kappa shape index (κ3) is 10.6. The fourth-order valence-corrected chi connectivity index (χ4v) is 12.1. The highest BCUT2D eigenvalue weighted by molar-refractivity contribution is 7.15. The molecule has 6 heterocycles. The van der Waals surface area contributed by atoms with E-state index >= 15 is 0 Å². The number of carbonyl (C=O) groups is 4. The number of anilines is 1. The maximum atomic E-state index is 14.3. The lowest BCUT2D eigenvalue weighted by Gasteiger charge is -2.35. The Balaban J connectivity index is 0.800. The van der Waals surface area contributed by atoms with Crippen LogP contribution in [0.4, 0.5) is 5.69 Å². The number of nitrogens with one attached hydrogen (secondary N) is 3. The smallest absolute Gasteiger partial charge is 0.246 e. The second-order valence-corrected chi connectivity index (χ2v) is 22.8. The van der Waals surface area contributed by atoms with Gasteiger partial charge >= 0.3 is 0 Å². The highest BCUT2D eigenvalue weighted by Gasteiger charge is 2.45. The molecule has 3 aliphatic heterocycles. The predicted octanol–water partition coefficient (Wildman–Crippen LogP) is 7.93. The molecule has 3 aromatic carbocycles. The van der Waals surface area contributed by atoms with Crippen molar-refractivity contribution in [3.63, 3.8) is 0 Å². The van der Waals surface area contributed by atoms with Crippen molar-refractivity contribution in [2.75, 3.05) is 24.5 Å². The van der Waals surface area contributed by atoms with Crippen LogP contribution in [0.1, 0.15) is 109 Å². The van der Waals surface area contributed by atoms with Crippen LogP contribution in [0.25, 0.3) is 15.4 Å². The maximum absolute atomic E-state index is 14.3. The predicted molar refractivity (Wildman–Crippen MR) is 283 cm³/mol. The van der Waals surface area contributed by atoms with Crippen LogP contribution < -0.4 is 20.9 Å². The second kappa shape index (κ2) is 20.7. The monoisotopic (exact) mass is 1030 g/mol. The number of aromatic nitrogens is 4. The first-order valence-corrected chi connectivity index (χ1v) is 26.5. The lowest BCUT2D eigenvalue weighted by atomic mass is 9.85. The number of thiazole rings is 1. The van der Waals surface area contributed by atoms with Gasteiger partial charge < -0.3 is 30.9 Å². The molecule has 0 spiro atoms. The van der Waals surface area contributed by atoms with Crippen molar-refractivity contribution in [3.8, 4) is 15.4 Å². The maximum Gasteiger partial charge on any atom is 0.246 e. The Bertz CT molecular complexity index is 3030. The van der Waals surface area contributed by atoms with Gasteiger partial charge in [-0.1, -0.05) is 80.9 Å². The van der Waals surface area contributed by atoms with Crippen molar-refractivity contribution in [2.24, 2.45) is 10.4 Å². The van der Waals surface area contributed by atoms with E-state index in [1.165, 1.54) is 9.78 Å². The Labute approximate surface area is 433 Å². The fourth-order valence-electron chi connectivity index (χ4n) is 9.94. The van der Waals surface area contributed by atoms with Crippen LogP contribution in [0.15, 0.2) is 83.3 Å². The van der Waals surface area contributed by atoms with Crippen LogP contribution in [0, 0.1) is 33.1 Å². The van der Waals surface area contributed by atoms with Crippen molar-refractivity contribution >= 4 is 69.3 Å². The SMILES string of the molecule is Cc1ncsc1-c1ccc([C@H](C)NC(=O)[C@@H]2C[C@@H](O)CN2C(=O)[C@@H](NC(=O)Cc2ccc(N3CC[C@H](NC(=O)C[C@@H]4N=C(c5ccc(Cl)cc5)c5c(sc(C)c5C)-n5c(C)nnc54)C3)cc2)C(C)(C)C)cc1. The van der Waals surface area contributed by atoms with E-state index in [9.17, 15) is 24.3 Å². The van der Waals surface area contributed by atoms with Gasteiger partial charge in [-0.15, -0.1) is 32.9 Å². The average Bonchev–Trinajstić information content (AvgIpc) is 4.19. The van der Waals surface area contributed by atoms with Crippen LogP contribution in [-0.2, 0) is 25.6 Å². The van der Waals surface area contributed by atoms with Crippen LogP contribution in [0.3, 0.4) is 0 Å². The Morgan fingerprint density at radius 3 is 2.28 bits per heavy atom. The van der Waals surface area contributed by atoms with Gasteiger partial charge in [0.1, 0.15) is 29.0 Å². The number of nitrogens with zero attached hydrogens (tertiary/aromatic N) is 7. The van der Waals surface area contributed by atoms with Gasteiger partial charge in [-0.2, -0.15) is 0 Å². The molecule has 18 heteroatoms. The molecule has 4 amide bonds. The molecule has 0 radical (unpaired) electrons. The second-order valence-electron chi connectivity index (χ2n) is 20.3. The summed E-state index contributed by atoms with van der Waals surface area (Å²) in [6.07, 6.45) is 0.0982. The highest BCUT2D eigenvalue weighted by Crippen LogP contribution is 2.40. The summed E-state index contributed by atoms with van der Waals surface area (Å²) in [4.78, 5) is 71.2. The molecule has 2 fully saturated rings. The largest absolute Gasteiger partial charge is 0.391 e. The van der Waals surface area contributed by atoms with Crippen molar-refractivity contribution in [3.05, 3.63) is 133 Å². The zero-order valence-corrected chi connectivity index (χ0v) is 44.2. The molecular formula is C54H61ClN10O5S2. The number of fused-ring (bicyclic) bond motifs is 3. The number of hydrogen-bond donors (Lipinski definition) is 4. The molecule has 0 aliphatic carbocycles. The molecule has 6 atom stereocenters. The van der Waals surface area contributed by atoms with E-state index in [1.54, 1.807) is 22.7 Å². The van der Waals surface area contributed by atoms with Gasteiger partial charge in [-0.3, -0.25) is 28.7 Å². The first kappa shape index (κ1) is 50.7. The number of thiophene rings is 1. The lowest BCUT2D eigenvalue weighted by molar-refractivity contribution is -0.144. The van der Waals surface area contributed by atoms with Crippen molar-refractivity contribution in [1.82, 2.24) is 40.6 Å². The molecule has 3 aromatic heterocycles. The van der Waals surface area contributed by atoms with Crippen LogP contribution in [0.5, 0.6) is 0 Å². The summed E-state index contributed by atoms with van der Waals surface area (Å²) < 4.78 is 2.05. The summed E-state index contributed by atoms with van der Waals surface area (Å²) in [6.45, 7) is 16.9. The molecule has 9 rings (SSSR count). The Hall–Kier alpha value is -6.27. The summed E-state index contributed by atoms with van der Waals surface area (Å²) in [5.74, 6) is 0.121. The minimum atomic E-state index is -0.953. The number of likely N-dealkylation sites (tertiary alicyclic amines) is 1. The quantitative estimate of drug-likeness (QED) is 0.0892. The first-order valence-electron chi connectivity index (χ1n) is 24.4. The minimum absolute atomic E-state index is 0.0140. The number of halogens is 1. The molecule has 6 aromatic rings. The molecule has 0 saturated carbocycles. The number of carbonyl (C=O) groups excluding carboxylic acids is 4. The molecule has 3 aliphatic rings. The van der Waals surface area contributed by atoms with E-state index in [1.807, 2.05) is 124 Å². The number of benzene rings is 3. The third-order valence-electron chi connectivity index (χ3n) is 14.0. The van der Waals surface area contributed by atoms with E-state index in [0.717, 1.165) is 79.1 Å².